The average Bonchev–Trinajstić information content (AvgIpc) is 2.76. The second kappa shape index (κ2) is 4.79. The van der Waals surface area contributed by atoms with Gasteiger partial charge >= 0.3 is 0 Å². The van der Waals surface area contributed by atoms with E-state index in [1.165, 1.54) is 16.7 Å². The van der Waals surface area contributed by atoms with Gasteiger partial charge in [0.25, 0.3) is 0 Å². The van der Waals surface area contributed by atoms with Crippen molar-refractivity contribution in [2.75, 3.05) is 6.54 Å². The first-order valence-corrected chi connectivity index (χ1v) is 5.99. The molecule has 0 spiro atoms. The monoisotopic (exact) mass is 217 g/mol. The van der Waals surface area contributed by atoms with Crippen LogP contribution in [0.25, 0.3) is 0 Å². The van der Waals surface area contributed by atoms with Crippen LogP contribution in [0, 0.1) is 13.8 Å². The Kier molecular flexibility index (Phi) is 3.39. The first-order chi connectivity index (χ1) is 7.66. The molecule has 1 unspecified atom stereocenters. The summed E-state index contributed by atoms with van der Waals surface area (Å²) in [6, 6.07) is 6.42. The summed E-state index contributed by atoms with van der Waals surface area (Å²) in [5, 5.41) is 3.26. The van der Waals surface area contributed by atoms with E-state index in [1.54, 1.807) is 0 Å². The maximum Gasteiger partial charge on any atom is 0.154 e. The fourth-order valence-corrected chi connectivity index (χ4v) is 2.26. The second-order valence-corrected chi connectivity index (χ2v) is 4.72. The molecule has 1 fully saturated rings. The zero-order valence-electron chi connectivity index (χ0n) is 10.0. The van der Waals surface area contributed by atoms with Crippen molar-refractivity contribution in [1.82, 2.24) is 5.32 Å². The average molecular weight is 217 g/mol. The Morgan fingerprint density at radius 3 is 2.94 bits per heavy atom. The Balaban J connectivity index is 2.07. The molecule has 1 aliphatic heterocycles. The number of hydrogen-bond donors (Lipinski definition) is 1. The van der Waals surface area contributed by atoms with Gasteiger partial charge in [-0.05, 0) is 44.4 Å². The minimum absolute atomic E-state index is 0.0971. The van der Waals surface area contributed by atoms with E-state index < -0.39 is 0 Å². The van der Waals surface area contributed by atoms with Gasteiger partial charge < -0.3 is 5.32 Å². The van der Waals surface area contributed by atoms with E-state index in [-0.39, 0.29) is 6.04 Å². The van der Waals surface area contributed by atoms with Crippen LogP contribution in [0.3, 0.4) is 0 Å². The van der Waals surface area contributed by atoms with Crippen LogP contribution < -0.4 is 5.32 Å². The van der Waals surface area contributed by atoms with E-state index in [9.17, 15) is 4.79 Å². The van der Waals surface area contributed by atoms with Gasteiger partial charge in [-0.2, -0.15) is 0 Å². The molecule has 16 heavy (non-hydrogen) atoms. The number of hydrogen-bond acceptors (Lipinski definition) is 2. The molecule has 0 radical (unpaired) electrons. The van der Waals surface area contributed by atoms with Crippen molar-refractivity contribution in [3.05, 3.63) is 34.9 Å². The fraction of sp³-hybridized carbons (Fsp3) is 0.500. The van der Waals surface area contributed by atoms with Crippen molar-refractivity contribution in [3.63, 3.8) is 0 Å². The molecule has 0 saturated carbocycles. The van der Waals surface area contributed by atoms with Crippen molar-refractivity contribution in [3.8, 4) is 0 Å². The van der Waals surface area contributed by atoms with Gasteiger partial charge in [-0.3, -0.25) is 4.79 Å². The highest BCUT2D eigenvalue weighted by Crippen LogP contribution is 2.14. The zero-order chi connectivity index (χ0) is 11.5. The molecule has 1 N–H and O–H groups in total. The summed E-state index contributed by atoms with van der Waals surface area (Å²) < 4.78 is 0. The highest BCUT2D eigenvalue weighted by molar-refractivity contribution is 5.86. The molecule has 1 heterocycles. The standard InChI is InChI=1S/C14H19NO/c1-10-5-6-11(2)12(8-10)9-14(16)13-4-3-7-15-13/h5-6,8,13,15H,3-4,7,9H2,1-2H3. The second-order valence-electron chi connectivity index (χ2n) is 4.72. The lowest BCUT2D eigenvalue weighted by Crippen LogP contribution is -2.32. The van der Waals surface area contributed by atoms with Crippen LogP contribution in [0.1, 0.15) is 29.5 Å². The van der Waals surface area contributed by atoms with Gasteiger partial charge in [0.1, 0.15) is 0 Å². The summed E-state index contributed by atoms with van der Waals surface area (Å²) >= 11 is 0. The summed E-state index contributed by atoms with van der Waals surface area (Å²) in [5.74, 6) is 0.339. The highest BCUT2D eigenvalue weighted by atomic mass is 16.1. The molecule has 0 bridgehead atoms. The van der Waals surface area contributed by atoms with Crippen molar-refractivity contribution in [2.24, 2.45) is 0 Å². The van der Waals surface area contributed by atoms with Crippen molar-refractivity contribution in [1.29, 1.82) is 0 Å². The van der Waals surface area contributed by atoms with E-state index in [1.807, 2.05) is 0 Å². The predicted molar refractivity (Wildman–Crippen MR) is 65.7 cm³/mol. The molecule has 2 nitrogen and oxygen atoms in total. The maximum atomic E-state index is 12.0. The minimum Gasteiger partial charge on any atom is -0.307 e. The third-order valence-corrected chi connectivity index (χ3v) is 3.32. The Morgan fingerprint density at radius 2 is 2.25 bits per heavy atom. The lowest BCUT2D eigenvalue weighted by molar-refractivity contribution is -0.120. The van der Waals surface area contributed by atoms with E-state index >= 15 is 0 Å². The third-order valence-electron chi connectivity index (χ3n) is 3.32. The fourth-order valence-electron chi connectivity index (χ4n) is 2.26. The van der Waals surface area contributed by atoms with Gasteiger partial charge in [0.05, 0.1) is 6.04 Å². The van der Waals surface area contributed by atoms with Crippen molar-refractivity contribution in [2.45, 2.75) is 39.2 Å². The number of carbonyl (C=O) groups excluding carboxylic acids is 1. The van der Waals surface area contributed by atoms with Gasteiger partial charge in [0, 0.05) is 6.42 Å². The van der Waals surface area contributed by atoms with Crippen LogP contribution in [0.5, 0.6) is 0 Å². The van der Waals surface area contributed by atoms with E-state index in [0.717, 1.165) is 19.4 Å². The van der Waals surface area contributed by atoms with Gasteiger partial charge in [-0.15, -0.1) is 0 Å². The number of aryl methyl sites for hydroxylation is 2. The topological polar surface area (TPSA) is 29.1 Å². The van der Waals surface area contributed by atoms with E-state index in [4.69, 9.17) is 0 Å². The van der Waals surface area contributed by atoms with Crippen molar-refractivity contribution >= 4 is 5.78 Å². The first kappa shape index (κ1) is 11.3. The van der Waals surface area contributed by atoms with E-state index in [0.29, 0.717) is 12.2 Å². The molecular weight excluding hydrogens is 198 g/mol. The SMILES string of the molecule is Cc1ccc(C)c(CC(=O)C2CCCN2)c1. The molecule has 2 heteroatoms. The number of carbonyl (C=O) groups is 1. The lowest BCUT2D eigenvalue weighted by atomic mass is 9.97. The van der Waals surface area contributed by atoms with E-state index in [2.05, 4.69) is 37.4 Å². The molecular formula is C14H19NO. The Hall–Kier alpha value is -1.15. The van der Waals surface area contributed by atoms with Crippen molar-refractivity contribution < 1.29 is 4.79 Å². The summed E-state index contributed by atoms with van der Waals surface area (Å²) in [6.07, 6.45) is 2.71. The molecule has 86 valence electrons. The first-order valence-electron chi connectivity index (χ1n) is 5.99. The summed E-state index contributed by atoms with van der Waals surface area (Å²) in [4.78, 5) is 12.0. The van der Waals surface area contributed by atoms with Crippen LogP contribution in [0.15, 0.2) is 18.2 Å². The molecule has 0 aliphatic carbocycles. The summed E-state index contributed by atoms with van der Waals surface area (Å²) in [7, 11) is 0. The number of nitrogens with one attached hydrogen (secondary N) is 1. The number of rotatable bonds is 3. The number of Topliss-reactive ketones (excluding diaryl/α,β-unsaturated/α-hetero) is 1. The maximum absolute atomic E-state index is 12.0. The molecule has 1 aromatic rings. The van der Waals surface area contributed by atoms with Gasteiger partial charge in [0.15, 0.2) is 5.78 Å². The smallest absolute Gasteiger partial charge is 0.154 e. The lowest BCUT2D eigenvalue weighted by Gasteiger charge is -2.11. The molecule has 0 amide bonds. The normalized spacial score (nSPS) is 20.0. The third kappa shape index (κ3) is 2.50. The van der Waals surface area contributed by atoms with Crippen LogP contribution >= 0.6 is 0 Å². The Bertz CT molecular complexity index is 392. The zero-order valence-corrected chi connectivity index (χ0v) is 10.0. The van der Waals surface area contributed by atoms with Crippen LogP contribution in [0.4, 0.5) is 0 Å². The number of ketones is 1. The minimum atomic E-state index is 0.0971. The quantitative estimate of drug-likeness (QED) is 0.840. The molecule has 1 atom stereocenters. The van der Waals surface area contributed by atoms with Gasteiger partial charge in [-0.1, -0.05) is 23.8 Å². The number of benzene rings is 1. The Labute approximate surface area is 97.1 Å². The highest BCUT2D eigenvalue weighted by Gasteiger charge is 2.22. The molecule has 0 aromatic heterocycles. The summed E-state index contributed by atoms with van der Waals surface area (Å²) in [5.41, 5.74) is 3.63. The molecule has 2 rings (SSSR count). The predicted octanol–water partition coefficient (Wildman–Crippen LogP) is 2.17. The van der Waals surface area contributed by atoms with Gasteiger partial charge in [-0.25, -0.2) is 0 Å². The molecule has 1 aliphatic rings. The van der Waals surface area contributed by atoms with Crippen LogP contribution in [-0.4, -0.2) is 18.4 Å². The van der Waals surface area contributed by atoms with Crippen LogP contribution in [0.2, 0.25) is 0 Å². The Morgan fingerprint density at radius 1 is 1.44 bits per heavy atom. The molecule has 1 aromatic carbocycles. The van der Waals surface area contributed by atoms with Gasteiger partial charge in [0.2, 0.25) is 0 Å². The molecule has 1 saturated heterocycles. The largest absolute Gasteiger partial charge is 0.307 e. The summed E-state index contributed by atoms with van der Waals surface area (Å²) in [6.45, 7) is 5.13. The van der Waals surface area contributed by atoms with Crippen LogP contribution in [-0.2, 0) is 11.2 Å².